The number of ether oxygens (including phenoxy) is 1. The van der Waals surface area contributed by atoms with Gasteiger partial charge in [-0.05, 0) is 66.5 Å². The van der Waals surface area contributed by atoms with Gasteiger partial charge in [-0.25, -0.2) is 0 Å². The molecule has 2 heterocycles. The van der Waals surface area contributed by atoms with Crippen LogP contribution in [0.5, 0.6) is 5.75 Å². The van der Waals surface area contributed by atoms with Crippen molar-refractivity contribution in [1.82, 2.24) is 4.90 Å². The summed E-state index contributed by atoms with van der Waals surface area (Å²) in [7, 11) is 0. The molecule has 4 rings (SSSR count). The molecule has 0 unspecified atom stereocenters. The van der Waals surface area contributed by atoms with E-state index in [-0.39, 0.29) is 18.2 Å². The average molecular weight is 396 g/mol. The lowest BCUT2D eigenvalue weighted by Crippen LogP contribution is -2.41. The molecule has 27 heavy (non-hydrogen) atoms. The number of amides is 1. The number of anilines is 1. The van der Waals surface area contributed by atoms with Crippen molar-refractivity contribution in [2.24, 2.45) is 5.92 Å². The fraction of sp³-hybridized carbons (Fsp3) is 0.421. The van der Waals surface area contributed by atoms with Gasteiger partial charge in [0.2, 0.25) is 5.91 Å². The molecule has 1 aromatic heterocycles. The van der Waals surface area contributed by atoms with E-state index in [0.717, 1.165) is 13.0 Å². The largest absolute Gasteiger partial charge is 0.573 e. The van der Waals surface area contributed by atoms with Gasteiger partial charge >= 0.3 is 6.36 Å². The van der Waals surface area contributed by atoms with Crippen LogP contribution in [0.3, 0.4) is 0 Å². The summed E-state index contributed by atoms with van der Waals surface area (Å²) >= 11 is 1.78. The van der Waals surface area contributed by atoms with Crippen molar-refractivity contribution in [2.75, 3.05) is 18.4 Å². The van der Waals surface area contributed by atoms with Crippen LogP contribution >= 0.6 is 11.3 Å². The molecular formula is C19H19F3N2O2S. The molecule has 2 aliphatic rings. The first kappa shape index (κ1) is 18.3. The van der Waals surface area contributed by atoms with Crippen molar-refractivity contribution >= 4 is 22.9 Å². The second kappa shape index (κ2) is 7.16. The van der Waals surface area contributed by atoms with Crippen LogP contribution in [-0.2, 0) is 11.2 Å². The molecule has 2 aromatic rings. The Balaban J connectivity index is 1.38. The van der Waals surface area contributed by atoms with Crippen LogP contribution in [-0.4, -0.2) is 30.3 Å². The monoisotopic (exact) mass is 396 g/mol. The zero-order chi connectivity index (χ0) is 19.0. The fourth-order valence-corrected chi connectivity index (χ4v) is 4.58. The molecule has 1 fully saturated rings. The van der Waals surface area contributed by atoms with Crippen LogP contribution < -0.4 is 10.1 Å². The van der Waals surface area contributed by atoms with Crippen molar-refractivity contribution in [3.05, 3.63) is 46.2 Å². The number of thiophene rings is 1. The van der Waals surface area contributed by atoms with Gasteiger partial charge in [0.25, 0.3) is 0 Å². The number of hydrogen-bond donors (Lipinski definition) is 1. The molecule has 0 saturated heterocycles. The van der Waals surface area contributed by atoms with E-state index >= 15 is 0 Å². The van der Waals surface area contributed by atoms with E-state index in [1.165, 1.54) is 47.5 Å². The molecule has 1 aromatic carbocycles. The third-order valence-electron chi connectivity index (χ3n) is 4.90. The lowest BCUT2D eigenvalue weighted by Gasteiger charge is -2.35. The molecule has 1 atom stereocenters. The van der Waals surface area contributed by atoms with Crippen LogP contribution in [0.2, 0.25) is 0 Å². The number of fused-ring (bicyclic) bond motifs is 1. The van der Waals surface area contributed by atoms with Gasteiger partial charge in [-0.3, -0.25) is 9.69 Å². The maximum atomic E-state index is 12.5. The minimum atomic E-state index is -4.72. The standard InChI is InChI=1S/C19H19F3N2O2S/c20-19(21,22)26-14-5-3-13(4-6-14)23-17(25)11-24-9-7-16-15(8-10-27-16)18(24)12-1-2-12/h3-6,8,10,12,18H,1-2,7,9,11H2,(H,23,25)/t18-/m1/s1. The first-order valence-electron chi connectivity index (χ1n) is 8.85. The van der Waals surface area contributed by atoms with Crippen molar-refractivity contribution in [3.63, 3.8) is 0 Å². The topological polar surface area (TPSA) is 41.6 Å². The first-order chi connectivity index (χ1) is 12.9. The Hall–Kier alpha value is -2.06. The van der Waals surface area contributed by atoms with Gasteiger partial charge in [0.1, 0.15) is 5.75 Å². The lowest BCUT2D eigenvalue weighted by molar-refractivity contribution is -0.274. The quantitative estimate of drug-likeness (QED) is 0.804. The number of nitrogens with zero attached hydrogens (tertiary/aromatic N) is 1. The number of rotatable bonds is 5. The fourth-order valence-electron chi connectivity index (χ4n) is 3.66. The second-order valence-electron chi connectivity index (χ2n) is 6.92. The van der Waals surface area contributed by atoms with E-state index < -0.39 is 6.36 Å². The second-order valence-corrected chi connectivity index (χ2v) is 7.92. The molecular weight excluding hydrogens is 377 g/mol. The van der Waals surface area contributed by atoms with Gasteiger partial charge in [-0.15, -0.1) is 24.5 Å². The van der Waals surface area contributed by atoms with E-state index in [2.05, 4.69) is 26.4 Å². The highest BCUT2D eigenvalue weighted by molar-refractivity contribution is 7.10. The van der Waals surface area contributed by atoms with Crippen LogP contribution in [0.15, 0.2) is 35.7 Å². The highest BCUT2D eigenvalue weighted by atomic mass is 32.1. The Morgan fingerprint density at radius 2 is 1.96 bits per heavy atom. The van der Waals surface area contributed by atoms with E-state index in [0.29, 0.717) is 17.6 Å². The van der Waals surface area contributed by atoms with Crippen LogP contribution in [0.1, 0.15) is 29.3 Å². The number of benzene rings is 1. The van der Waals surface area contributed by atoms with Gasteiger partial charge in [-0.2, -0.15) is 0 Å². The number of halogens is 3. The summed E-state index contributed by atoms with van der Waals surface area (Å²) in [6.07, 6.45) is -1.39. The lowest BCUT2D eigenvalue weighted by atomic mass is 9.96. The summed E-state index contributed by atoms with van der Waals surface area (Å²) < 4.78 is 40.5. The molecule has 1 saturated carbocycles. The molecule has 8 heteroatoms. The molecule has 1 aliphatic heterocycles. The molecule has 4 nitrogen and oxygen atoms in total. The minimum Gasteiger partial charge on any atom is -0.406 e. The number of hydrogen-bond acceptors (Lipinski definition) is 4. The molecule has 0 bridgehead atoms. The molecule has 0 spiro atoms. The molecule has 1 N–H and O–H groups in total. The van der Waals surface area contributed by atoms with Gasteiger partial charge in [0.05, 0.1) is 6.54 Å². The predicted molar refractivity (Wildman–Crippen MR) is 96.8 cm³/mol. The maximum Gasteiger partial charge on any atom is 0.573 e. The zero-order valence-electron chi connectivity index (χ0n) is 14.5. The number of carbonyl (C=O) groups is 1. The first-order valence-corrected chi connectivity index (χ1v) is 9.73. The smallest absolute Gasteiger partial charge is 0.406 e. The highest BCUT2D eigenvalue weighted by Gasteiger charge is 2.40. The Bertz CT molecular complexity index is 815. The summed E-state index contributed by atoms with van der Waals surface area (Å²) in [5, 5.41) is 4.88. The summed E-state index contributed by atoms with van der Waals surface area (Å²) in [6.45, 7) is 1.12. The van der Waals surface area contributed by atoms with Gasteiger partial charge < -0.3 is 10.1 Å². The van der Waals surface area contributed by atoms with Gasteiger partial charge in [0.15, 0.2) is 0 Å². The highest BCUT2D eigenvalue weighted by Crippen LogP contribution is 2.48. The van der Waals surface area contributed by atoms with Gasteiger partial charge in [-0.1, -0.05) is 0 Å². The molecule has 0 radical (unpaired) electrons. The number of nitrogens with one attached hydrogen (secondary N) is 1. The Morgan fingerprint density at radius 1 is 1.22 bits per heavy atom. The average Bonchev–Trinajstić information content (AvgIpc) is 3.31. The minimum absolute atomic E-state index is 0.163. The van der Waals surface area contributed by atoms with Crippen LogP contribution in [0.25, 0.3) is 0 Å². The summed E-state index contributed by atoms with van der Waals surface area (Å²) in [6, 6.07) is 7.67. The van der Waals surface area contributed by atoms with Crippen molar-refractivity contribution in [3.8, 4) is 5.75 Å². The number of carbonyl (C=O) groups excluding carboxylic acids is 1. The Labute approximate surface area is 158 Å². The molecule has 1 aliphatic carbocycles. The van der Waals surface area contributed by atoms with Crippen LogP contribution in [0, 0.1) is 5.92 Å². The van der Waals surface area contributed by atoms with Crippen molar-refractivity contribution < 1.29 is 22.7 Å². The summed E-state index contributed by atoms with van der Waals surface area (Å²) in [5.41, 5.74) is 1.81. The summed E-state index contributed by atoms with van der Waals surface area (Å²) in [4.78, 5) is 16.1. The molecule has 1 amide bonds. The SMILES string of the molecule is O=C(CN1CCc2sccc2[C@H]1C1CC1)Nc1ccc(OC(F)(F)F)cc1. The van der Waals surface area contributed by atoms with E-state index in [1.54, 1.807) is 11.3 Å². The van der Waals surface area contributed by atoms with E-state index in [4.69, 9.17) is 0 Å². The third kappa shape index (κ3) is 4.44. The third-order valence-corrected chi connectivity index (χ3v) is 5.90. The Kier molecular flexibility index (Phi) is 4.86. The van der Waals surface area contributed by atoms with E-state index in [9.17, 15) is 18.0 Å². The Morgan fingerprint density at radius 3 is 2.63 bits per heavy atom. The molecule has 144 valence electrons. The zero-order valence-corrected chi connectivity index (χ0v) is 15.3. The predicted octanol–water partition coefficient (Wildman–Crippen LogP) is 4.59. The van der Waals surface area contributed by atoms with E-state index in [1.807, 2.05) is 0 Å². The van der Waals surface area contributed by atoms with Gasteiger partial charge in [0, 0.05) is 23.2 Å². The number of alkyl halides is 3. The maximum absolute atomic E-state index is 12.5. The van der Waals surface area contributed by atoms with Crippen molar-refractivity contribution in [1.29, 1.82) is 0 Å². The summed E-state index contributed by atoms with van der Waals surface area (Å²) in [5.74, 6) is 0.143. The van der Waals surface area contributed by atoms with Crippen molar-refractivity contribution in [2.45, 2.75) is 31.7 Å². The normalized spacial score (nSPS) is 20.2. The van der Waals surface area contributed by atoms with Crippen LogP contribution in [0.4, 0.5) is 18.9 Å².